The molecule has 64 heavy (non-hydrogen) atoms. The summed E-state index contributed by atoms with van der Waals surface area (Å²) in [6.07, 6.45) is 72.8. The maximum Gasteiger partial charge on any atom is 0.306 e. The van der Waals surface area contributed by atoms with Crippen molar-refractivity contribution in [2.24, 2.45) is 0 Å². The standard InChI is InChI=1S/C59H100O5/c1-4-7-10-13-16-19-22-25-28-30-32-34-37-40-43-46-49-52-58(60)63-56-57(55-62-54-51-48-45-42-39-36-33-29-26-23-20-17-14-11-8-5-2)64-59(61)53-50-47-44-41-38-35-31-27-24-21-18-15-12-9-6-3/h7,9-10,12,16,18-19,21,25,27-28,31-32,34,40,43,57H,4-6,8,11,13-15,17,20,22-24,26,29-30,33,35-39,41-42,44-56H2,1-3H3/b10-7-,12-9-,19-16-,21-18-,28-25-,31-27-,34-32-,43-40-/t57-/m1/s1. The van der Waals surface area contributed by atoms with Crippen molar-refractivity contribution in [3.63, 3.8) is 0 Å². The Hall–Kier alpha value is -3.18. The van der Waals surface area contributed by atoms with Gasteiger partial charge >= 0.3 is 11.9 Å². The van der Waals surface area contributed by atoms with E-state index in [1.165, 1.54) is 103 Å². The Morgan fingerprint density at radius 2 is 0.719 bits per heavy atom. The molecule has 0 spiro atoms. The van der Waals surface area contributed by atoms with Gasteiger partial charge in [0.15, 0.2) is 6.10 Å². The molecule has 0 radical (unpaired) electrons. The Bertz CT molecular complexity index is 1230. The number of rotatable bonds is 48. The van der Waals surface area contributed by atoms with Crippen LogP contribution in [0.4, 0.5) is 0 Å². The van der Waals surface area contributed by atoms with Gasteiger partial charge in [0.25, 0.3) is 0 Å². The highest BCUT2D eigenvalue weighted by atomic mass is 16.6. The topological polar surface area (TPSA) is 61.8 Å². The largest absolute Gasteiger partial charge is 0.462 e. The van der Waals surface area contributed by atoms with Crippen molar-refractivity contribution in [1.82, 2.24) is 0 Å². The quantitative estimate of drug-likeness (QED) is 0.0346. The molecule has 0 rings (SSSR count). The fourth-order valence-electron chi connectivity index (χ4n) is 7.21. The number of unbranched alkanes of at least 4 members (excludes halogenated alkanes) is 21. The van der Waals surface area contributed by atoms with Crippen LogP contribution >= 0.6 is 0 Å². The highest BCUT2D eigenvalue weighted by molar-refractivity contribution is 5.70. The minimum atomic E-state index is -0.571. The number of carbonyl (C=O) groups excluding carboxylic acids is 2. The van der Waals surface area contributed by atoms with Crippen molar-refractivity contribution in [3.8, 4) is 0 Å². The van der Waals surface area contributed by atoms with E-state index in [2.05, 4.69) is 118 Å². The molecule has 5 heteroatoms. The highest BCUT2D eigenvalue weighted by Gasteiger charge is 2.17. The average Bonchev–Trinajstić information content (AvgIpc) is 3.30. The molecule has 0 aromatic carbocycles. The van der Waals surface area contributed by atoms with E-state index in [0.29, 0.717) is 19.4 Å². The van der Waals surface area contributed by atoms with Crippen molar-refractivity contribution in [1.29, 1.82) is 0 Å². The molecule has 366 valence electrons. The van der Waals surface area contributed by atoms with E-state index in [4.69, 9.17) is 14.2 Å². The lowest BCUT2D eigenvalue weighted by Crippen LogP contribution is -2.30. The minimum Gasteiger partial charge on any atom is -0.462 e. The zero-order valence-corrected chi connectivity index (χ0v) is 42.0. The summed E-state index contributed by atoms with van der Waals surface area (Å²) < 4.78 is 17.4. The van der Waals surface area contributed by atoms with E-state index in [9.17, 15) is 9.59 Å². The Balaban J connectivity index is 4.39. The second-order valence-electron chi connectivity index (χ2n) is 17.4. The van der Waals surface area contributed by atoms with E-state index in [1.807, 2.05) is 0 Å². The maximum atomic E-state index is 12.8. The summed E-state index contributed by atoms with van der Waals surface area (Å²) in [7, 11) is 0. The first-order valence-corrected chi connectivity index (χ1v) is 26.8. The highest BCUT2D eigenvalue weighted by Crippen LogP contribution is 2.15. The number of ether oxygens (including phenoxy) is 3. The monoisotopic (exact) mass is 889 g/mol. The molecule has 0 saturated carbocycles. The summed E-state index contributed by atoms with van der Waals surface area (Å²) in [5.41, 5.74) is 0. The number of hydrogen-bond donors (Lipinski definition) is 0. The fraction of sp³-hybridized carbons (Fsp3) is 0.695. The number of hydrogen-bond acceptors (Lipinski definition) is 5. The molecular weight excluding hydrogens is 789 g/mol. The maximum absolute atomic E-state index is 12.8. The van der Waals surface area contributed by atoms with Gasteiger partial charge in [-0.1, -0.05) is 234 Å². The van der Waals surface area contributed by atoms with Crippen LogP contribution in [-0.2, 0) is 23.8 Å². The fourth-order valence-corrected chi connectivity index (χ4v) is 7.21. The zero-order chi connectivity index (χ0) is 46.3. The smallest absolute Gasteiger partial charge is 0.306 e. The van der Waals surface area contributed by atoms with Crippen LogP contribution in [-0.4, -0.2) is 37.9 Å². The SMILES string of the molecule is CC/C=C\C/C=C\C/C=C\C/C=C\C/C=C\CCCC(=O)OC[C@@H](COCCCCCCCCCCCCCCCCCC)OC(=O)CCCCCCC/C=C\C/C=C\C/C=C\CC. The molecule has 0 amide bonds. The third-order valence-electron chi connectivity index (χ3n) is 11.1. The summed E-state index contributed by atoms with van der Waals surface area (Å²) >= 11 is 0. The van der Waals surface area contributed by atoms with Crippen LogP contribution in [0.2, 0.25) is 0 Å². The Kier molecular flexibility index (Phi) is 51.5. The van der Waals surface area contributed by atoms with Crippen LogP contribution in [0.1, 0.15) is 239 Å². The van der Waals surface area contributed by atoms with E-state index in [0.717, 1.165) is 103 Å². The third kappa shape index (κ3) is 51.5. The predicted molar refractivity (Wildman–Crippen MR) is 279 cm³/mol. The van der Waals surface area contributed by atoms with Gasteiger partial charge in [0.1, 0.15) is 6.61 Å². The van der Waals surface area contributed by atoms with Gasteiger partial charge in [-0.05, 0) is 89.9 Å². The summed E-state index contributed by atoms with van der Waals surface area (Å²) in [5, 5.41) is 0. The summed E-state index contributed by atoms with van der Waals surface area (Å²) in [4.78, 5) is 25.4. The van der Waals surface area contributed by atoms with Crippen LogP contribution in [0.25, 0.3) is 0 Å². The lowest BCUT2D eigenvalue weighted by molar-refractivity contribution is -0.163. The molecule has 0 bridgehead atoms. The molecule has 0 aromatic heterocycles. The van der Waals surface area contributed by atoms with E-state index in [1.54, 1.807) is 0 Å². The summed E-state index contributed by atoms with van der Waals surface area (Å²) in [6, 6.07) is 0. The lowest BCUT2D eigenvalue weighted by atomic mass is 10.0. The molecule has 0 fully saturated rings. The zero-order valence-electron chi connectivity index (χ0n) is 42.0. The Morgan fingerprint density at radius 1 is 0.359 bits per heavy atom. The molecule has 0 unspecified atom stereocenters. The number of esters is 2. The molecule has 5 nitrogen and oxygen atoms in total. The van der Waals surface area contributed by atoms with Crippen LogP contribution in [0, 0.1) is 0 Å². The van der Waals surface area contributed by atoms with Gasteiger partial charge in [-0.3, -0.25) is 9.59 Å². The molecule has 0 heterocycles. The van der Waals surface area contributed by atoms with E-state index >= 15 is 0 Å². The van der Waals surface area contributed by atoms with Gasteiger partial charge in [-0.25, -0.2) is 0 Å². The van der Waals surface area contributed by atoms with Gasteiger partial charge in [0, 0.05) is 19.4 Å². The Morgan fingerprint density at radius 3 is 1.17 bits per heavy atom. The molecule has 0 N–H and O–H groups in total. The van der Waals surface area contributed by atoms with Crippen LogP contribution < -0.4 is 0 Å². The van der Waals surface area contributed by atoms with Crippen LogP contribution in [0.15, 0.2) is 97.2 Å². The van der Waals surface area contributed by atoms with Crippen molar-refractivity contribution >= 4 is 11.9 Å². The van der Waals surface area contributed by atoms with Gasteiger partial charge in [-0.15, -0.1) is 0 Å². The molecule has 1 atom stereocenters. The van der Waals surface area contributed by atoms with Crippen LogP contribution in [0.3, 0.4) is 0 Å². The second kappa shape index (κ2) is 54.2. The predicted octanol–water partition coefficient (Wildman–Crippen LogP) is 18.2. The summed E-state index contributed by atoms with van der Waals surface area (Å²) in [5.74, 6) is -0.482. The van der Waals surface area contributed by atoms with Crippen LogP contribution in [0.5, 0.6) is 0 Å². The number of carbonyl (C=O) groups is 2. The third-order valence-corrected chi connectivity index (χ3v) is 11.1. The van der Waals surface area contributed by atoms with E-state index in [-0.39, 0.29) is 25.2 Å². The van der Waals surface area contributed by atoms with Crippen molar-refractivity contribution < 1.29 is 23.8 Å². The average molecular weight is 889 g/mol. The Labute approximate surface area is 396 Å². The first-order chi connectivity index (χ1) is 31.6. The summed E-state index contributed by atoms with van der Waals surface area (Å²) in [6.45, 7) is 7.54. The first kappa shape index (κ1) is 60.8. The van der Waals surface area contributed by atoms with Gasteiger partial charge in [0.2, 0.25) is 0 Å². The second-order valence-corrected chi connectivity index (χ2v) is 17.4. The molecule has 0 aliphatic carbocycles. The van der Waals surface area contributed by atoms with Crippen molar-refractivity contribution in [2.45, 2.75) is 245 Å². The molecule has 0 saturated heterocycles. The number of allylic oxidation sites excluding steroid dienone is 16. The molecular formula is C59H100O5. The van der Waals surface area contributed by atoms with Gasteiger partial charge in [-0.2, -0.15) is 0 Å². The first-order valence-electron chi connectivity index (χ1n) is 26.8. The lowest BCUT2D eigenvalue weighted by Gasteiger charge is -2.18. The normalized spacial score (nSPS) is 13.0. The minimum absolute atomic E-state index is 0.0460. The molecule has 0 aliphatic rings. The van der Waals surface area contributed by atoms with Gasteiger partial charge < -0.3 is 14.2 Å². The van der Waals surface area contributed by atoms with Crippen molar-refractivity contribution in [2.75, 3.05) is 19.8 Å². The molecule has 0 aromatic rings. The molecule has 0 aliphatic heterocycles. The van der Waals surface area contributed by atoms with Crippen molar-refractivity contribution in [3.05, 3.63) is 97.2 Å². The van der Waals surface area contributed by atoms with Gasteiger partial charge in [0.05, 0.1) is 6.61 Å². The van der Waals surface area contributed by atoms with E-state index < -0.39 is 6.10 Å².